The molecule has 6 aromatic carbocycles. The van der Waals surface area contributed by atoms with E-state index in [1.807, 2.05) is 31.2 Å². The number of carbonyl (C=O) groups is 8. The number of hydrogen-bond acceptors (Lipinski definition) is 22. The van der Waals surface area contributed by atoms with Gasteiger partial charge in [-0.1, -0.05) is 203 Å². The number of hydrogen-bond donors (Lipinski definition) is 1. The molecule has 2 atom stereocenters. The maximum Gasteiger partial charge on any atom is 0.313 e. The van der Waals surface area contributed by atoms with Crippen molar-refractivity contribution < 1.29 is 67.1 Å². The van der Waals surface area contributed by atoms with E-state index >= 15 is 0 Å². The highest BCUT2D eigenvalue weighted by Gasteiger charge is 2.52. The minimum atomic E-state index is -1.77. The Morgan fingerprint density at radius 1 is 0.490 bits per heavy atom. The first kappa shape index (κ1) is 70.3. The summed E-state index contributed by atoms with van der Waals surface area (Å²) in [5.41, 5.74) is 3.15. The summed E-state index contributed by atoms with van der Waals surface area (Å²) in [5, 5.41) is 14.3. The van der Waals surface area contributed by atoms with Crippen molar-refractivity contribution in [1.29, 1.82) is 0 Å². The van der Waals surface area contributed by atoms with E-state index in [2.05, 4.69) is 0 Å². The van der Waals surface area contributed by atoms with E-state index in [0.717, 1.165) is 58.2 Å². The second-order valence-corrected chi connectivity index (χ2v) is 30.6. The molecule has 18 nitrogen and oxygen atoms in total. The van der Waals surface area contributed by atoms with Crippen molar-refractivity contribution in [2.24, 2.45) is 0 Å². The Morgan fingerprint density at radius 2 is 0.827 bits per heavy atom. The fraction of sp³-hybridized carbons (Fsp3) is 0.188. The lowest BCUT2D eigenvalue weighted by Crippen LogP contribution is -2.44. The molecule has 12 rings (SSSR count). The first-order valence-electron chi connectivity index (χ1n) is 29.8. The number of aryl methyl sites for hydroxylation is 1. The summed E-state index contributed by atoms with van der Waals surface area (Å²) >= 11 is 44.8. The Labute approximate surface area is 613 Å². The normalized spacial score (nSPS) is 19.7. The molecule has 0 aromatic heterocycles. The van der Waals surface area contributed by atoms with Crippen LogP contribution in [0, 0.1) is 6.92 Å². The molecule has 0 radical (unpaired) electrons. The molecular formula is C69H49Cl3N4O14S8. The van der Waals surface area contributed by atoms with Gasteiger partial charge in [0, 0.05) is 59.1 Å². The maximum absolute atomic E-state index is 14.2. The molecule has 6 aromatic rings. The quantitative estimate of drug-likeness (QED) is 0.0325. The van der Waals surface area contributed by atoms with Crippen LogP contribution in [-0.2, 0) is 44.8 Å². The molecule has 5 heterocycles. The highest BCUT2D eigenvalue weighted by atomic mass is 35.5. The molecule has 29 heteroatoms. The van der Waals surface area contributed by atoms with Gasteiger partial charge in [-0.3, -0.25) is 58.0 Å². The van der Waals surface area contributed by atoms with Gasteiger partial charge < -0.3 is 28.8 Å². The molecule has 1 aliphatic carbocycles. The molecule has 4 amide bonds. The third-order valence-corrected chi connectivity index (χ3v) is 22.1. The Hall–Kier alpha value is -7.57. The van der Waals surface area contributed by atoms with Crippen molar-refractivity contribution in [3.05, 3.63) is 201 Å². The predicted molar refractivity (Wildman–Crippen MR) is 395 cm³/mol. The Balaban J connectivity index is 0.824. The lowest BCUT2D eigenvalue weighted by Gasteiger charge is -2.37. The second kappa shape index (κ2) is 30.1. The van der Waals surface area contributed by atoms with Gasteiger partial charge in [0.25, 0.3) is 23.6 Å². The zero-order chi connectivity index (χ0) is 69.3. The van der Waals surface area contributed by atoms with E-state index in [0.29, 0.717) is 62.5 Å². The fourth-order valence-electron chi connectivity index (χ4n) is 11.0. The molecule has 98 heavy (non-hydrogen) atoms. The summed E-state index contributed by atoms with van der Waals surface area (Å²) < 4.78 is 31.2. The van der Waals surface area contributed by atoms with Gasteiger partial charge in [-0.25, -0.2) is 0 Å². The zero-order valence-corrected chi connectivity index (χ0v) is 59.7. The molecule has 4 fully saturated rings. The number of halogens is 3. The van der Waals surface area contributed by atoms with E-state index in [-0.39, 0.29) is 97.0 Å². The van der Waals surface area contributed by atoms with Gasteiger partial charge in [-0.15, -0.1) is 0 Å². The van der Waals surface area contributed by atoms with Crippen LogP contribution in [0.15, 0.2) is 141 Å². The summed E-state index contributed by atoms with van der Waals surface area (Å²) in [6.45, 7) is 0.731. The highest BCUT2D eigenvalue weighted by molar-refractivity contribution is 8.28. The van der Waals surface area contributed by atoms with Crippen LogP contribution in [0.3, 0.4) is 0 Å². The van der Waals surface area contributed by atoms with Gasteiger partial charge in [-0.05, 0) is 119 Å². The van der Waals surface area contributed by atoms with Gasteiger partial charge in [0.05, 0.1) is 45.3 Å². The summed E-state index contributed by atoms with van der Waals surface area (Å²) in [5.74, 6) is -7.56. The van der Waals surface area contributed by atoms with Crippen molar-refractivity contribution in [2.75, 3.05) is 32.8 Å². The van der Waals surface area contributed by atoms with Gasteiger partial charge >= 0.3 is 23.9 Å². The van der Waals surface area contributed by atoms with Crippen molar-refractivity contribution in [2.45, 2.75) is 50.5 Å². The molecule has 0 bridgehead atoms. The van der Waals surface area contributed by atoms with Crippen LogP contribution in [0.5, 0.6) is 28.7 Å². The fourth-order valence-corrected chi connectivity index (χ4v) is 16.6. The zero-order valence-electron chi connectivity index (χ0n) is 50.9. The lowest BCUT2D eigenvalue weighted by molar-refractivity contribution is -0.138. The first-order valence-corrected chi connectivity index (χ1v) is 35.8. The summed E-state index contributed by atoms with van der Waals surface area (Å²) in [6, 6.07) is 33.8. The number of thioether (sulfide) groups is 4. The number of carbonyl (C=O) groups excluding carboxylic acids is 8. The van der Waals surface area contributed by atoms with Crippen molar-refractivity contribution in [3.8, 4) is 28.7 Å². The van der Waals surface area contributed by atoms with Crippen LogP contribution in [0.2, 0.25) is 15.1 Å². The third kappa shape index (κ3) is 15.9. The van der Waals surface area contributed by atoms with E-state index < -0.39 is 78.5 Å². The van der Waals surface area contributed by atoms with E-state index in [1.165, 1.54) is 43.9 Å². The number of nitrogens with zero attached hydrogens (tertiary/aromatic N) is 4. The molecule has 4 saturated heterocycles. The van der Waals surface area contributed by atoms with Gasteiger partial charge in [0.1, 0.15) is 29.5 Å². The minimum absolute atomic E-state index is 0.124. The molecule has 498 valence electrons. The predicted octanol–water partition coefficient (Wildman–Crippen LogP) is 13.6. The largest absolute Gasteiger partial charge is 0.486 e. The van der Waals surface area contributed by atoms with Crippen molar-refractivity contribution >= 4 is 220 Å². The van der Waals surface area contributed by atoms with E-state index in [1.54, 1.807) is 97.1 Å². The monoisotopic (exact) mass is 1520 g/mol. The van der Waals surface area contributed by atoms with Crippen molar-refractivity contribution in [3.63, 3.8) is 0 Å². The van der Waals surface area contributed by atoms with Crippen LogP contribution in [0.25, 0.3) is 24.3 Å². The number of thiocarbonyl (C=S) groups is 4. The first-order chi connectivity index (χ1) is 46.9. The smallest absolute Gasteiger partial charge is 0.313 e. The number of benzene rings is 6. The highest BCUT2D eigenvalue weighted by Crippen LogP contribution is 2.57. The molecule has 0 spiro atoms. The van der Waals surface area contributed by atoms with E-state index in [4.69, 9.17) is 107 Å². The number of esters is 4. The topological polar surface area (TPSA) is 216 Å². The van der Waals surface area contributed by atoms with Gasteiger partial charge in [0.2, 0.25) is 5.75 Å². The molecule has 5 aliphatic heterocycles. The molecule has 0 unspecified atom stereocenters. The summed E-state index contributed by atoms with van der Waals surface area (Å²) in [7, 11) is 0. The average molecular weight is 1520 g/mol. The molecule has 1 N–H and O–H groups in total. The minimum Gasteiger partial charge on any atom is -0.486 e. The van der Waals surface area contributed by atoms with Crippen molar-refractivity contribution in [1.82, 2.24) is 19.6 Å². The standard InChI is InChI=1S/C69H49Cl3N4O14S8/c1-36-2-4-37(5-3-36)28-50-61(81)74(66(92)95-50)25-21-55(78)88-48-32-41-34-69(85)35-86-59-45(58(69)46(41)33-49(48)89-56(79)22-26-75-63(83)52(97-67(75)93)30-39-8-14-43(71)15-9-39)18-19-47(87-54(77)20-24-73-62(82)51(96-65(73)91)29-38-6-12-42(70)13-7-38)60(59)90-57(80)23-27-76-64(84)53(98-68(76)94)31-40-10-16-44(72)17-11-40/h2-19,28-33,58,85H,20-27,34-35H2,1H3/b50-28-,51-29-,52-30-,53-31-/t58-,69+/m0/s1. The van der Waals surface area contributed by atoms with Crippen LogP contribution < -0.4 is 23.7 Å². The Morgan fingerprint density at radius 3 is 1.20 bits per heavy atom. The lowest BCUT2D eigenvalue weighted by atomic mass is 9.80. The van der Waals surface area contributed by atoms with Crippen LogP contribution in [-0.4, -0.2) is 128 Å². The number of ether oxygens (including phenoxy) is 5. The summed E-state index contributed by atoms with van der Waals surface area (Å²) in [6.07, 6.45) is 4.99. The van der Waals surface area contributed by atoms with Crippen LogP contribution in [0.1, 0.15) is 76.1 Å². The second-order valence-electron chi connectivity index (χ2n) is 22.6. The average Bonchev–Trinajstić information content (AvgIpc) is 1.55. The number of fused-ring (bicyclic) bond motifs is 5. The maximum atomic E-state index is 14.2. The summed E-state index contributed by atoms with van der Waals surface area (Å²) in [4.78, 5) is 117. The van der Waals surface area contributed by atoms with E-state index in [9.17, 15) is 43.5 Å². The third-order valence-electron chi connectivity index (χ3n) is 15.9. The SMILES string of the molecule is Cc1ccc(/C=C2\SC(=S)N(CCC(=O)Oc3cc4c(cc3OC(=O)CCN3C(=O)/C(=C/c5ccc(Cl)cc5)SC3=S)[C@@H]3c5ccc(OC(=O)CCN6C(=O)/C(=C/c7ccc(Cl)cc7)SC6=S)c(OC(=O)CCN6C(=O)/C(=C/c7ccc(Cl)cc7)SC6=S)c5OC[C@]3(O)C4)C2=O)cc1. The van der Waals surface area contributed by atoms with Crippen LogP contribution >= 0.6 is 131 Å². The number of aliphatic hydroxyl groups is 1. The van der Waals surface area contributed by atoms with Gasteiger partial charge in [0.15, 0.2) is 23.0 Å². The number of amides is 4. The van der Waals surface area contributed by atoms with Gasteiger partial charge in [-0.2, -0.15) is 0 Å². The molecule has 0 saturated carbocycles. The Bertz CT molecular complexity index is 4570. The molecular weight excluding hydrogens is 1470 g/mol. The number of rotatable bonds is 20. The molecule has 6 aliphatic rings. The van der Waals surface area contributed by atoms with Crippen LogP contribution in [0.4, 0.5) is 0 Å². The Kier molecular flexibility index (Phi) is 21.6.